The molecule has 0 aromatic carbocycles. The van der Waals surface area contributed by atoms with E-state index in [1.54, 1.807) is 18.8 Å². The highest BCUT2D eigenvalue weighted by Gasteiger charge is 2.32. The van der Waals surface area contributed by atoms with E-state index in [4.69, 9.17) is 4.74 Å². The van der Waals surface area contributed by atoms with E-state index in [9.17, 15) is 4.79 Å². The summed E-state index contributed by atoms with van der Waals surface area (Å²) in [5, 5.41) is 10.4. The van der Waals surface area contributed by atoms with Gasteiger partial charge in [-0.3, -0.25) is 9.89 Å². The molecule has 18 heavy (non-hydrogen) atoms. The first kappa shape index (κ1) is 15.0. The topological polar surface area (TPSA) is 79.9 Å². The van der Waals surface area contributed by atoms with Gasteiger partial charge in [0, 0.05) is 5.75 Å². The SMILES string of the molecule is CCOC(=O)C(C)(CCCSc1ncn[nH]1)NC. The van der Waals surface area contributed by atoms with Gasteiger partial charge in [-0.2, -0.15) is 5.10 Å². The smallest absolute Gasteiger partial charge is 0.326 e. The Bertz CT molecular complexity index is 358. The summed E-state index contributed by atoms with van der Waals surface area (Å²) < 4.78 is 5.06. The lowest BCUT2D eigenvalue weighted by molar-refractivity contribution is -0.150. The molecule has 0 amide bonds. The van der Waals surface area contributed by atoms with Crippen molar-refractivity contribution in [3.63, 3.8) is 0 Å². The van der Waals surface area contributed by atoms with Crippen LogP contribution in [0.25, 0.3) is 0 Å². The molecule has 2 N–H and O–H groups in total. The van der Waals surface area contributed by atoms with Crippen molar-refractivity contribution in [2.75, 3.05) is 19.4 Å². The van der Waals surface area contributed by atoms with Crippen LogP contribution in [0.4, 0.5) is 0 Å². The number of aromatic nitrogens is 3. The molecule has 1 rings (SSSR count). The average Bonchev–Trinajstić information content (AvgIpc) is 2.87. The van der Waals surface area contributed by atoms with Gasteiger partial charge in [0.25, 0.3) is 0 Å². The predicted molar refractivity (Wildman–Crippen MR) is 70.4 cm³/mol. The number of rotatable bonds is 8. The standard InChI is InChI=1S/C11H20N4O2S/c1-4-17-9(16)11(2,12-3)6-5-7-18-10-13-8-14-15-10/h8,12H,4-7H2,1-3H3,(H,13,14,15). The Kier molecular flexibility index (Phi) is 6.14. The van der Waals surface area contributed by atoms with Crippen LogP contribution in [0.3, 0.4) is 0 Å². The summed E-state index contributed by atoms with van der Waals surface area (Å²) in [7, 11) is 1.78. The highest BCUT2D eigenvalue weighted by atomic mass is 32.2. The quantitative estimate of drug-likeness (QED) is 0.421. The molecule has 0 radical (unpaired) electrons. The molecule has 0 fully saturated rings. The fourth-order valence-electron chi connectivity index (χ4n) is 1.48. The number of hydrogen-bond acceptors (Lipinski definition) is 6. The first-order valence-electron chi connectivity index (χ1n) is 5.96. The highest BCUT2D eigenvalue weighted by Crippen LogP contribution is 2.19. The van der Waals surface area contributed by atoms with Gasteiger partial charge in [0.1, 0.15) is 11.9 Å². The molecule has 0 saturated heterocycles. The van der Waals surface area contributed by atoms with Crippen LogP contribution in [-0.4, -0.2) is 46.1 Å². The molecular weight excluding hydrogens is 252 g/mol. The Hall–Kier alpha value is -1.08. The summed E-state index contributed by atoms with van der Waals surface area (Å²) in [6, 6.07) is 0. The van der Waals surface area contributed by atoms with Crippen molar-refractivity contribution in [3.05, 3.63) is 6.33 Å². The summed E-state index contributed by atoms with van der Waals surface area (Å²) in [6.45, 7) is 4.08. The van der Waals surface area contributed by atoms with Crippen molar-refractivity contribution >= 4 is 17.7 Å². The van der Waals surface area contributed by atoms with Crippen molar-refractivity contribution in [1.29, 1.82) is 0 Å². The molecule has 0 aliphatic heterocycles. The summed E-state index contributed by atoms with van der Waals surface area (Å²) in [6.07, 6.45) is 3.10. The normalized spacial score (nSPS) is 14.2. The van der Waals surface area contributed by atoms with Crippen LogP contribution in [0.5, 0.6) is 0 Å². The number of H-pyrrole nitrogens is 1. The van der Waals surface area contributed by atoms with Gasteiger partial charge in [-0.25, -0.2) is 4.98 Å². The Labute approximate surface area is 111 Å². The van der Waals surface area contributed by atoms with Crippen molar-refractivity contribution in [1.82, 2.24) is 20.5 Å². The van der Waals surface area contributed by atoms with Gasteiger partial charge in [0.2, 0.25) is 0 Å². The van der Waals surface area contributed by atoms with E-state index in [0.717, 1.165) is 23.8 Å². The van der Waals surface area contributed by atoms with Gasteiger partial charge in [-0.1, -0.05) is 11.8 Å². The van der Waals surface area contributed by atoms with Crippen LogP contribution in [0, 0.1) is 0 Å². The number of ether oxygens (including phenoxy) is 1. The average molecular weight is 272 g/mol. The van der Waals surface area contributed by atoms with Crippen LogP contribution in [0.1, 0.15) is 26.7 Å². The second-order valence-electron chi connectivity index (χ2n) is 4.05. The van der Waals surface area contributed by atoms with E-state index >= 15 is 0 Å². The summed E-state index contributed by atoms with van der Waals surface area (Å²) >= 11 is 1.59. The number of nitrogens with zero attached hydrogens (tertiary/aromatic N) is 2. The number of esters is 1. The molecular formula is C11H20N4O2S. The first-order valence-corrected chi connectivity index (χ1v) is 6.95. The number of carbonyl (C=O) groups excluding carboxylic acids is 1. The molecule has 1 aromatic rings. The molecule has 1 atom stereocenters. The van der Waals surface area contributed by atoms with Crippen LogP contribution in [0.2, 0.25) is 0 Å². The zero-order chi connectivity index (χ0) is 13.4. The van der Waals surface area contributed by atoms with E-state index in [-0.39, 0.29) is 5.97 Å². The maximum absolute atomic E-state index is 11.8. The summed E-state index contributed by atoms with van der Waals surface area (Å²) in [5.74, 6) is 0.684. The number of thioether (sulfide) groups is 1. The second-order valence-corrected chi connectivity index (χ2v) is 5.13. The third-order valence-corrected chi connectivity index (χ3v) is 3.69. The maximum atomic E-state index is 11.8. The van der Waals surface area contributed by atoms with E-state index in [2.05, 4.69) is 20.5 Å². The number of likely N-dealkylation sites (N-methyl/N-ethyl adjacent to an activating group) is 1. The molecule has 0 spiro atoms. The van der Waals surface area contributed by atoms with E-state index in [1.807, 2.05) is 13.8 Å². The van der Waals surface area contributed by atoms with Crippen molar-refractivity contribution in [2.24, 2.45) is 0 Å². The Morgan fingerprint density at radius 1 is 1.67 bits per heavy atom. The summed E-state index contributed by atoms with van der Waals surface area (Å²) in [5.41, 5.74) is -0.613. The lowest BCUT2D eigenvalue weighted by Gasteiger charge is -2.26. The van der Waals surface area contributed by atoms with E-state index in [0.29, 0.717) is 6.61 Å². The van der Waals surface area contributed by atoms with Crippen molar-refractivity contribution < 1.29 is 9.53 Å². The van der Waals surface area contributed by atoms with E-state index < -0.39 is 5.54 Å². The largest absolute Gasteiger partial charge is 0.465 e. The summed E-state index contributed by atoms with van der Waals surface area (Å²) in [4.78, 5) is 15.8. The number of carbonyl (C=O) groups is 1. The van der Waals surface area contributed by atoms with Crippen LogP contribution >= 0.6 is 11.8 Å². The Balaban J connectivity index is 2.32. The van der Waals surface area contributed by atoms with Crippen LogP contribution in [0.15, 0.2) is 11.5 Å². The molecule has 0 aliphatic carbocycles. The molecule has 0 bridgehead atoms. The molecule has 0 saturated carbocycles. The molecule has 102 valence electrons. The third kappa shape index (κ3) is 4.30. The van der Waals surface area contributed by atoms with E-state index in [1.165, 1.54) is 6.33 Å². The van der Waals surface area contributed by atoms with Gasteiger partial charge >= 0.3 is 5.97 Å². The first-order chi connectivity index (χ1) is 8.62. The zero-order valence-corrected chi connectivity index (χ0v) is 11.8. The Morgan fingerprint density at radius 3 is 3.00 bits per heavy atom. The van der Waals surface area contributed by atoms with Gasteiger partial charge in [-0.15, -0.1) is 0 Å². The number of nitrogens with one attached hydrogen (secondary N) is 2. The fraction of sp³-hybridized carbons (Fsp3) is 0.727. The van der Waals surface area contributed by atoms with Crippen molar-refractivity contribution in [2.45, 2.75) is 37.4 Å². The fourth-order valence-corrected chi connectivity index (χ4v) is 2.20. The van der Waals surface area contributed by atoms with Gasteiger partial charge in [0.15, 0.2) is 5.16 Å². The van der Waals surface area contributed by atoms with Gasteiger partial charge in [0.05, 0.1) is 6.61 Å². The van der Waals surface area contributed by atoms with Crippen molar-refractivity contribution in [3.8, 4) is 0 Å². The zero-order valence-electron chi connectivity index (χ0n) is 11.0. The van der Waals surface area contributed by atoms with Gasteiger partial charge in [-0.05, 0) is 33.7 Å². The molecule has 1 heterocycles. The minimum Gasteiger partial charge on any atom is -0.465 e. The monoisotopic (exact) mass is 272 g/mol. The lowest BCUT2D eigenvalue weighted by Crippen LogP contribution is -2.48. The molecule has 1 aromatic heterocycles. The van der Waals surface area contributed by atoms with Gasteiger partial charge < -0.3 is 10.1 Å². The predicted octanol–water partition coefficient (Wildman–Crippen LogP) is 1.22. The van der Waals surface area contributed by atoms with Crippen LogP contribution < -0.4 is 5.32 Å². The molecule has 1 unspecified atom stereocenters. The molecule has 7 heteroatoms. The number of hydrogen-bond donors (Lipinski definition) is 2. The minimum atomic E-state index is -0.613. The lowest BCUT2D eigenvalue weighted by atomic mass is 9.97. The minimum absolute atomic E-state index is 0.197. The van der Waals surface area contributed by atoms with Crippen LogP contribution in [-0.2, 0) is 9.53 Å². The Morgan fingerprint density at radius 2 is 2.44 bits per heavy atom. The maximum Gasteiger partial charge on any atom is 0.326 e. The molecule has 0 aliphatic rings. The number of aromatic amines is 1. The highest BCUT2D eigenvalue weighted by molar-refractivity contribution is 7.99. The third-order valence-electron chi connectivity index (χ3n) is 2.73. The molecule has 6 nitrogen and oxygen atoms in total. The second kappa shape index (κ2) is 7.38.